The molecule has 0 aromatic heterocycles. The van der Waals surface area contributed by atoms with Crippen molar-refractivity contribution in [3.63, 3.8) is 0 Å². The summed E-state index contributed by atoms with van der Waals surface area (Å²) in [6.07, 6.45) is -2.14. The summed E-state index contributed by atoms with van der Waals surface area (Å²) < 4.78 is 21.5. The Labute approximate surface area is 29.8 Å². The van der Waals surface area contributed by atoms with Gasteiger partial charge in [-0.15, -0.1) is 0 Å². The van der Waals surface area contributed by atoms with Gasteiger partial charge in [0, 0.05) is 6.42 Å². The van der Waals surface area contributed by atoms with E-state index in [4.69, 9.17) is 0 Å². The number of hydrogen-bond acceptors (Lipinski definition) is 0. The molecule has 0 radical (unpaired) electrons. The fourth-order valence-corrected chi connectivity index (χ4v) is 0. The van der Waals surface area contributed by atoms with Crippen molar-refractivity contribution < 1.29 is 8.78 Å². The minimum absolute atomic E-state index is 0.0278. The van der Waals surface area contributed by atoms with Crippen molar-refractivity contribution in [1.82, 2.24) is 0 Å². The van der Waals surface area contributed by atoms with Gasteiger partial charge in [0.15, 0.2) is 0 Å². The summed E-state index contributed by atoms with van der Waals surface area (Å²) in [4.78, 5) is 0. The SMILES string of the molecule is CCC(F)F. The van der Waals surface area contributed by atoms with Gasteiger partial charge in [-0.25, -0.2) is 8.78 Å². The second kappa shape index (κ2) is 2.12. The zero-order valence-corrected chi connectivity index (χ0v) is 3.04. The third-order valence-electron chi connectivity index (χ3n) is 0.309. The Kier molecular flexibility index (Phi) is 2.06. The van der Waals surface area contributed by atoms with E-state index in [2.05, 4.69) is 0 Å². The third-order valence-corrected chi connectivity index (χ3v) is 0.309. The number of hydrogen-bond donors (Lipinski definition) is 0. The highest BCUT2D eigenvalue weighted by Gasteiger charge is 1.91. The van der Waals surface area contributed by atoms with Gasteiger partial charge in [0.05, 0.1) is 0 Å². The van der Waals surface area contributed by atoms with Crippen LogP contribution in [0.2, 0.25) is 0 Å². The smallest absolute Gasteiger partial charge is 0.211 e. The minimum Gasteiger partial charge on any atom is -0.211 e. The van der Waals surface area contributed by atoms with E-state index in [-0.39, 0.29) is 6.42 Å². The standard InChI is InChI=1S/C3H6F2/c1-2-3(4)5/h3H,2H2,1H3. The first-order chi connectivity index (χ1) is 2.27. The molecule has 5 heavy (non-hydrogen) atoms. The lowest BCUT2D eigenvalue weighted by molar-refractivity contribution is 0.144. The molecule has 2 heteroatoms. The molecule has 0 N–H and O–H groups in total. The molecule has 0 aromatic carbocycles. The summed E-state index contributed by atoms with van der Waals surface area (Å²) in [7, 11) is 0. The van der Waals surface area contributed by atoms with E-state index in [1.54, 1.807) is 0 Å². The topological polar surface area (TPSA) is 0 Å². The lowest BCUT2D eigenvalue weighted by Gasteiger charge is -1.81. The van der Waals surface area contributed by atoms with Gasteiger partial charge in [-0.1, -0.05) is 6.92 Å². The molecule has 0 fully saturated rings. The summed E-state index contributed by atoms with van der Waals surface area (Å²) >= 11 is 0. The average Bonchev–Trinajstić information content (AvgIpc) is 1.38. The Bertz CT molecular complexity index is 18.9. The van der Waals surface area contributed by atoms with Gasteiger partial charge >= 0.3 is 0 Å². The fraction of sp³-hybridized carbons (Fsp3) is 1.00. The van der Waals surface area contributed by atoms with Crippen molar-refractivity contribution in [2.24, 2.45) is 0 Å². The Balaban J connectivity index is 2.54. The Morgan fingerprint density at radius 2 is 1.80 bits per heavy atom. The van der Waals surface area contributed by atoms with Crippen LogP contribution in [0.15, 0.2) is 0 Å². The molecule has 0 saturated heterocycles. The molecule has 0 saturated carbocycles. The first kappa shape index (κ1) is 4.86. The molecule has 0 unspecified atom stereocenters. The summed E-state index contributed by atoms with van der Waals surface area (Å²) in [5, 5.41) is 0. The maximum atomic E-state index is 10.8. The maximum absolute atomic E-state index is 10.8. The van der Waals surface area contributed by atoms with E-state index in [1.165, 1.54) is 6.92 Å². The third kappa shape index (κ3) is 3.86. The first-order valence-electron chi connectivity index (χ1n) is 1.55. The molecule has 0 heterocycles. The second-order valence-corrected chi connectivity index (χ2v) is 0.799. The first-order valence-corrected chi connectivity index (χ1v) is 1.55. The van der Waals surface area contributed by atoms with Crippen LogP contribution in [-0.4, -0.2) is 6.43 Å². The average molecular weight is 80.1 g/mol. The number of alkyl halides is 2. The van der Waals surface area contributed by atoms with Gasteiger partial charge in [-0.3, -0.25) is 0 Å². The minimum atomic E-state index is -2.12. The van der Waals surface area contributed by atoms with Crippen LogP contribution in [0.5, 0.6) is 0 Å². The molecule has 0 aromatic rings. The van der Waals surface area contributed by atoms with Crippen LogP contribution in [0, 0.1) is 0 Å². The molecular weight excluding hydrogens is 74.0 g/mol. The fourth-order valence-electron chi connectivity index (χ4n) is 0. The molecule has 0 atom stereocenters. The van der Waals surface area contributed by atoms with Crippen molar-refractivity contribution in [3.8, 4) is 0 Å². The van der Waals surface area contributed by atoms with Crippen molar-refractivity contribution in [2.45, 2.75) is 19.8 Å². The lowest BCUT2D eigenvalue weighted by atomic mass is 10.5. The van der Waals surface area contributed by atoms with E-state index in [9.17, 15) is 8.78 Å². The highest BCUT2D eigenvalue weighted by Crippen LogP contribution is 1.93. The van der Waals surface area contributed by atoms with Crippen molar-refractivity contribution in [1.29, 1.82) is 0 Å². The molecule has 0 rings (SSSR count). The second-order valence-electron chi connectivity index (χ2n) is 0.799. The molecule has 0 nitrogen and oxygen atoms in total. The van der Waals surface area contributed by atoms with E-state index in [0.29, 0.717) is 0 Å². The Hall–Kier alpha value is -0.140. The summed E-state index contributed by atoms with van der Waals surface area (Å²) in [5.74, 6) is 0. The summed E-state index contributed by atoms with van der Waals surface area (Å²) in [5.41, 5.74) is 0. The van der Waals surface area contributed by atoms with Crippen LogP contribution in [0.3, 0.4) is 0 Å². The van der Waals surface area contributed by atoms with Gasteiger partial charge in [0.25, 0.3) is 0 Å². The normalized spacial score (nSPS) is 9.60. The Morgan fingerprint density at radius 1 is 1.60 bits per heavy atom. The van der Waals surface area contributed by atoms with Gasteiger partial charge in [-0.2, -0.15) is 0 Å². The predicted molar refractivity (Wildman–Crippen MR) is 16.3 cm³/mol. The maximum Gasteiger partial charge on any atom is 0.238 e. The van der Waals surface area contributed by atoms with E-state index < -0.39 is 6.43 Å². The highest BCUT2D eigenvalue weighted by molar-refractivity contribution is 4.24. The van der Waals surface area contributed by atoms with Crippen molar-refractivity contribution in [3.05, 3.63) is 0 Å². The zero-order chi connectivity index (χ0) is 4.28. The largest absolute Gasteiger partial charge is 0.238 e. The zero-order valence-electron chi connectivity index (χ0n) is 3.04. The molecule has 0 bridgehead atoms. The lowest BCUT2D eigenvalue weighted by Crippen LogP contribution is -1.80. The van der Waals surface area contributed by atoms with Crippen molar-refractivity contribution >= 4 is 0 Å². The molecule has 0 aliphatic rings. The molecule has 32 valence electrons. The molecule has 0 aliphatic heterocycles. The molecular formula is C3H6F2. The highest BCUT2D eigenvalue weighted by atomic mass is 19.3. The quantitative estimate of drug-likeness (QED) is 0.449. The van der Waals surface area contributed by atoms with Gasteiger partial charge < -0.3 is 0 Å². The summed E-state index contributed by atoms with van der Waals surface area (Å²) in [6.45, 7) is 1.45. The monoisotopic (exact) mass is 80.0 g/mol. The van der Waals surface area contributed by atoms with Crippen LogP contribution in [0.1, 0.15) is 13.3 Å². The van der Waals surface area contributed by atoms with Gasteiger partial charge in [0.2, 0.25) is 6.43 Å². The van der Waals surface area contributed by atoms with Crippen LogP contribution < -0.4 is 0 Å². The van der Waals surface area contributed by atoms with Crippen LogP contribution in [0.4, 0.5) is 8.78 Å². The predicted octanol–water partition coefficient (Wildman–Crippen LogP) is 1.66. The molecule has 0 amide bonds. The van der Waals surface area contributed by atoms with E-state index in [0.717, 1.165) is 0 Å². The number of rotatable bonds is 1. The molecule has 0 spiro atoms. The van der Waals surface area contributed by atoms with E-state index in [1.807, 2.05) is 0 Å². The van der Waals surface area contributed by atoms with Gasteiger partial charge in [0.1, 0.15) is 0 Å². The van der Waals surface area contributed by atoms with Crippen LogP contribution in [0.25, 0.3) is 0 Å². The van der Waals surface area contributed by atoms with Gasteiger partial charge in [-0.05, 0) is 0 Å². The number of halogens is 2. The van der Waals surface area contributed by atoms with Crippen molar-refractivity contribution in [2.75, 3.05) is 0 Å². The summed E-state index contributed by atoms with van der Waals surface area (Å²) in [6, 6.07) is 0. The molecule has 0 aliphatic carbocycles. The van der Waals surface area contributed by atoms with E-state index >= 15 is 0 Å². The van der Waals surface area contributed by atoms with Crippen LogP contribution in [-0.2, 0) is 0 Å². The van der Waals surface area contributed by atoms with Crippen LogP contribution >= 0.6 is 0 Å². The Morgan fingerprint density at radius 3 is 1.80 bits per heavy atom.